The van der Waals surface area contributed by atoms with E-state index in [4.69, 9.17) is 16.3 Å². The molecule has 0 radical (unpaired) electrons. The normalized spacial score (nSPS) is 12.4. The minimum Gasteiger partial charge on any atom is -0.479 e. The summed E-state index contributed by atoms with van der Waals surface area (Å²) in [6.45, 7) is 4.42. The smallest absolute Gasteiger partial charge is 0.245 e. The maximum Gasteiger partial charge on any atom is 0.245 e. The Balaban J connectivity index is 2.49. The van der Waals surface area contributed by atoms with Gasteiger partial charge in [-0.2, -0.15) is 4.98 Å². The molecule has 0 aliphatic heterocycles. The van der Waals surface area contributed by atoms with Gasteiger partial charge in [0.25, 0.3) is 0 Å². The molecule has 7 nitrogen and oxygen atoms in total. The molecule has 0 fully saturated rings. The number of methoxy groups -OCH3 is 1. The van der Waals surface area contributed by atoms with Crippen LogP contribution < -0.4 is 10.1 Å². The molecule has 2 heterocycles. The second-order valence-electron chi connectivity index (χ2n) is 4.55. The lowest BCUT2D eigenvalue weighted by Gasteiger charge is -2.15. The van der Waals surface area contributed by atoms with Crippen LogP contribution in [0.5, 0.6) is 5.88 Å². The lowest BCUT2D eigenvalue weighted by molar-refractivity contribution is -0.123. The first-order valence-electron chi connectivity index (χ1n) is 6.73. The van der Waals surface area contributed by atoms with Crippen LogP contribution in [-0.4, -0.2) is 39.1 Å². The third kappa shape index (κ3) is 2.92. The maximum atomic E-state index is 12.2. The number of fused-ring (bicyclic) bond motifs is 1. The lowest BCUT2D eigenvalue weighted by Crippen LogP contribution is -2.32. The van der Waals surface area contributed by atoms with Crippen LogP contribution in [0.2, 0.25) is 0 Å². The fraction of sp³-hybridized carbons (Fsp3) is 0.538. The summed E-state index contributed by atoms with van der Waals surface area (Å²) >= 11 is 5.95. The number of rotatable bonds is 6. The number of carbonyl (C=O) groups excluding carboxylic acids is 1. The fourth-order valence-electron chi connectivity index (χ4n) is 2.10. The first kappa shape index (κ1) is 15.5. The minimum atomic E-state index is -0.463. The molecular formula is C13H18ClN5O2. The zero-order valence-electron chi connectivity index (χ0n) is 12.3. The average Bonchev–Trinajstić information content (AvgIpc) is 2.90. The Bertz CT molecular complexity index is 643. The number of imidazole rings is 1. The van der Waals surface area contributed by atoms with Gasteiger partial charge in [0.05, 0.1) is 13.0 Å². The van der Waals surface area contributed by atoms with E-state index in [1.165, 1.54) is 13.4 Å². The second kappa shape index (κ2) is 6.71. The number of hydrogen-bond acceptors (Lipinski definition) is 5. The van der Waals surface area contributed by atoms with Gasteiger partial charge in [-0.25, -0.2) is 9.97 Å². The van der Waals surface area contributed by atoms with Gasteiger partial charge in [-0.05, 0) is 13.3 Å². The summed E-state index contributed by atoms with van der Waals surface area (Å²) in [5, 5.41) is 2.86. The van der Waals surface area contributed by atoms with Crippen LogP contribution >= 0.6 is 11.6 Å². The Morgan fingerprint density at radius 2 is 2.29 bits per heavy atom. The molecule has 21 heavy (non-hydrogen) atoms. The van der Waals surface area contributed by atoms with Crippen molar-refractivity contribution in [3.8, 4) is 5.88 Å². The molecule has 1 amide bonds. The maximum absolute atomic E-state index is 12.2. The van der Waals surface area contributed by atoms with Gasteiger partial charge < -0.3 is 10.1 Å². The number of nitrogens with one attached hydrogen (secondary N) is 1. The number of aromatic nitrogens is 4. The predicted octanol–water partition coefficient (Wildman–Crippen LogP) is 1.66. The third-order valence-electron chi connectivity index (χ3n) is 3.15. The van der Waals surface area contributed by atoms with E-state index in [1.54, 1.807) is 11.5 Å². The van der Waals surface area contributed by atoms with Crippen LogP contribution in [0.3, 0.4) is 0 Å². The number of amides is 1. The molecule has 0 spiro atoms. The van der Waals surface area contributed by atoms with Crippen molar-refractivity contribution in [3.05, 3.63) is 12.2 Å². The Labute approximate surface area is 127 Å². The van der Waals surface area contributed by atoms with E-state index < -0.39 is 6.04 Å². The molecule has 8 heteroatoms. The van der Waals surface area contributed by atoms with Gasteiger partial charge in [0.2, 0.25) is 11.8 Å². The topological polar surface area (TPSA) is 81.9 Å². The van der Waals surface area contributed by atoms with Gasteiger partial charge in [-0.15, -0.1) is 11.6 Å². The summed E-state index contributed by atoms with van der Waals surface area (Å²) in [6, 6.07) is -0.463. The van der Waals surface area contributed by atoms with Crippen molar-refractivity contribution in [2.75, 3.05) is 13.7 Å². The van der Waals surface area contributed by atoms with Crippen LogP contribution in [-0.2, 0) is 10.7 Å². The molecular weight excluding hydrogens is 294 g/mol. The van der Waals surface area contributed by atoms with Crippen molar-refractivity contribution >= 4 is 28.7 Å². The van der Waals surface area contributed by atoms with Crippen LogP contribution in [0.25, 0.3) is 11.2 Å². The van der Waals surface area contributed by atoms with Gasteiger partial charge in [0.1, 0.15) is 18.2 Å². The number of alkyl halides is 1. The molecule has 2 rings (SSSR count). The molecule has 114 valence electrons. The molecule has 1 unspecified atom stereocenters. The highest BCUT2D eigenvalue weighted by Gasteiger charge is 2.23. The van der Waals surface area contributed by atoms with Gasteiger partial charge >= 0.3 is 0 Å². The van der Waals surface area contributed by atoms with Crippen molar-refractivity contribution in [3.63, 3.8) is 0 Å². The van der Waals surface area contributed by atoms with E-state index in [9.17, 15) is 4.79 Å². The quantitative estimate of drug-likeness (QED) is 0.820. The predicted molar refractivity (Wildman–Crippen MR) is 79.4 cm³/mol. The molecule has 0 saturated heterocycles. The van der Waals surface area contributed by atoms with Crippen LogP contribution in [0.15, 0.2) is 6.33 Å². The number of nitrogens with zero attached hydrogens (tertiary/aromatic N) is 4. The first-order chi connectivity index (χ1) is 10.1. The second-order valence-corrected chi connectivity index (χ2v) is 4.82. The zero-order valence-corrected chi connectivity index (χ0v) is 13.0. The largest absolute Gasteiger partial charge is 0.479 e. The van der Waals surface area contributed by atoms with E-state index >= 15 is 0 Å². The summed E-state index contributed by atoms with van der Waals surface area (Å²) < 4.78 is 6.89. The van der Waals surface area contributed by atoms with Crippen molar-refractivity contribution in [1.82, 2.24) is 24.8 Å². The first-order valence-corrected chi connectivity index (χ1v) is 7.26. The molecule has 0 aromatic carbocycles. The van der Waals surface area contributed by atoms with Crippen molar-refractivity contribution in [2.24, 2.45) is 0 Å². The Morgan fingerprint density at radius 3 is 2.90 bits per heavy atom. The van der Waals surface area contributed by atoms with Gasteiger partial charge in [0.15, 0.2) is 11.2 Å². The Morgan fingerprint density at radius 1 is 1.52 bits per heavy atom. The fourth-order valence-corrected chi connectivity index (χ4v) is 2.29. The average molecular weight is 312 g/mol. The molecule has 2 aromatic heterocycles. The van der Waals surface area contributed by atoms with Crippen molar-refractivity contribution < 1.29 is 9.53 Å². The SMILES string of the molecule is CCCNC(=O)C(C)n1c(CCl)nc2c(OC)ncnc21. The van der Waals surface area contributed by atoms with Crippen LogP contribution in [0, 0.1) is 0 Å². The summed E-state index contributed by atoms with van der Waals surface area (Å²) in [7, 11) is 1.51. The molecule has 0 aliphatic carbocycles. The third-order valence-corrected chi connectivity index (χ3v) is 3.38. The number of halogens is 1. The van der Waals surface area contributed by atoms with E-state index in [-0.39, 0.29) is 11.8 Å². The van der Waals surface area contributed by atoms with E-state index in [0.29, 0.717) is 29.4 Å². The van der Waals surface area contributed by atoms with Crippen LogP contribution in [0.1, 0.15) is 32.1 Å². The lowest BCUT2D eigenvalue weighted by atomic mass is 10.3. The molecule has 0 aliphatic rings. The highest BCUT2D eigenvalue weighted by Crippen LogP contribution is 2.25. The monoisotopic (exact) mass is 311 g/mol. The van der Waals surface area contributed by atoms with E-state index in [2.05, 4.69) is 20.3 Å². The summed E-state index contributed by atoms with van der Waals surface area (Å²) in [6.07, 6.45) is 2.26. The van der Waals surface area contributed by atoms with Crippen LogP contribution in [0.4, 0.5) is 0 Å². The number of hydrogen-bond donors (Lipinski definition) is 1. The van der Waals surface area contributed by atoms with Gasteiger partial charge in [-0.3, -0.25) is 9.36 Å². The Kier molecular flexibility index (Phi) is 4.95. The van der Waals surface area contributed by atoms with Gasteiger partial charge in [-0.1, -0.05) is 6.92 Å². The van der Waals surface area contributed by atoms with Gasteiger partial charge in [0, 0.05) is 6.54 Å². The molecule has 0 bridgehead atoms. The molecule has 2 aromatic rings. The zero-order chi connectivity index (χ0) is 15.4. The number of ether oxygens (including phenoxy) is 1. The number of carbonyl (C=O) groups is 1. The summed E-state index contributed by atoms with van der Waals surface area (Å²) in [5.41, 5.74) is 1.04. The minimum absolute atomic E-state index is 0.0971. The molecule has 0 saturated carbocycles. The van der Waals surface area contributed by atoms with E-state index in [1.807, 2.05) is 6.92 Å². The molecule has 1 N–H and O–H groups in total. The summed E-state index contributed by atoms with van der Waals surface area (Å²) in [4.78, 5) is 24.8. The summed E-state index contributed by atoms with van der Waals surface area (Å²) in [5.74, 6) is 1.00. The van der Waals surface area contributed by atoms with Crippen molar-refractivity contribution in [1.29, 1.82) is 0 Å². The highest BCUT2D eigenvalue weighted by molar-refractivity contribution is 6.16. The molecule has 1 atom stereocenters. The Hall–Kier alpha value is -1.89. The highest BCUT2D eigenvalue weighted by atomic mass is 35.5. The van der Waals surface area contributed by atoms with E-state index in [0.717, 1.165) is 6.42 Å². The van der Waals surface area contributed by atoms with Crippen molar-refractivity contribution in [2.45, 2.75) is 32.2 Å². The standard InChI is InChI=1S/C13H18ClN5O2/c1-4-5-15-12(20)8(2)19-9(6-14)18-10-11(19)16-7-17-13(10)21-3/h7-8H,4-6H2,1-3H3,(H,15,20).